The van der Waals surface area contributed by atoms with Crippen molar-refractivity contribution in [1.82, 2.24) is 20.5 Å². The Labute approximate surface area is 153 Å². The van der Waals surface area contributed by atoms with Gasteiger partial charge in [-0.25, -0.2) is 9.78 Å². The molecule has 9 heteroatoms. The normalized spacial score (nSPS) is 11.7. The summed E-state index contributed by atoms with van der Waals surface area (Å²) in [5, 5.41) is 14.2. The molecular weight excluding hydrogens is 352 g/mol. The first kappa shape index (κ1) is 17.6. The highest BCUT2D eigenvalue weighted by atomic mass is 32.1. The molecule has 5 N–H and O–H groups in total. The maximum absolute atomic E-state index is 12.3. The number of carbonyl (C=O) groups is 2. The number of aromatic amines is 1. The van der Waals surface area contributed by atoms with Crippen molar-refractivity contribution in [2.75, 3.05) is 5.32 Å². The summed E-state index contributed by atoms with van der Waals surface area (Å²) in [6.45, 7) is 1.83. The van der Waals surface area contributed by atoms with Crippen molar-refractivity contribution in [3.05, 3.63) is 52.5 Å². The van der Waals surface area contributed by atoms with Gasteiger partial charge in [-0.2, -0.15) is 5.10 Å². The fourth-order valence-corrected chi connectivity index (χ4v) is 3.23. The Hall–Kier alpha value is -3.20. The average molecular weight is 370 g/mol. The third kappa shape index (κ3) is 4.45. The summed E-state index contributed by atoms with van der Waals surface area (Å²) in [5.41, 5.74) is 6.70. The van der Waals surface area contributed by atoms with Crippen molar-refractivity contribution in [1.29, 1.82) is 0 Å². The van der Waals surface area contributed by atoms with E-state index < -0.39 is 12.1 Å². The van der Waals surface area contributed by atoms with Crippen molar-refractivity contribution in [2.45, 2.75) is 19.4 Å². The number of H-pyrrole nitrogens is 1. The molecule has 3 rings (SSSR count). The number of amides is 3. The maximum Gasteiger partial charge on any atom is 0.312 e. The maximum atomic E-state index is 12.3. The van der Waals surface area contributed by atoms with Gasteiger partial charge in [0.25, 0.3) is 0 Å². The first-order valence-electron chi connectivity index (χ1n) is 7.90. The third-order valence-electron chi connectivity index (χ3n) is 3.62. The summed E-state index contributed by atoms with van der Waals surface area (Å²) in [5.74, 6) is 1.11. The number of nitrogens with one attached hydrogen (secondary N) is 3. The Bertz CT molecular complexity index is 888. The summed E-state index contributed by atoms with van der Waals surface area (Å²) >= 11 is 1.46. The second kappa shape index (κ2) is 7.79. The highest BCUT2D eigenvalue weighted by Crippen LogP contribution is 2.23. The van der Waals surface area contributed by atoms with E-state index in [-0.39, 0.29) is 12.3 Å². The highest BCUT2D eigenvalue weighted by Gasteiger charge is 2.18. The molecule has 0 aliphatic heterocycles. The lowest BCUT2D eigenvalue weighted by atomic mass is 10.1. The summed E-state index contributed by atoms with van der Waals surface area (Å²) in [6, 6.07) is 9.81. The van der Waals surface area contributed by atoms with E-state index >= 15 is 0 Å². The van der Waals surface area contributed by atoms with Gasteiger partial charge in [0.1, 0.15) is 5.82 Å². The number of nitrogens with two attached hydrogens (primary N) is 1. The zero-order chi connectivity index (χ0) is 18.5. The summed E-state index contributed by atoms with van der Waals surface area (Å²) in [7, 11) is 0. The van der Waals surface area contributed by atoms with Crippen LogP contribution in [0.4, 0.5) is 10.5 Å². The van der Waals surface area contributed by atoms with Gasteiger partial charge in [-0.05, 0) is 42.6 Å². The smallest absolute Gasteiger partial charge is 0.312 e. The number of nitrogens with zero attached hydrogens (tertiary/aromatic N) is 2. The number of aryl methyl sites for hydroxylation is 1. The van der Waals surface area contributed by atoms with E-state index in [2.05, 4.69) is 25.8 Å². The van der Waals surface area contributed by atoms with Crippen LogP contribution in [0.2, 0.25) is 0 Å². The molecule has 2 heterocycles. The number of hydrogen-bond donors (Lipinski definition) is 4. The van der Waals surface area contributed by atoms with Crippen LogP contribution in [0.15, 0.2) is 41.8 Å². The lowest BCUT2D eigenvalue weighted by molar-refractivity contribution is -0.116. The summed E-state index contributed by atoms with van der Waals surface area (Å²) in [6.07, 6.45) is 0.0886. The number of aromatic nitrogens is 3. The fraction of sp³-hybridized carbons (Fsp3) is 0.176. The monoisotopic (exact) mass is 370 g/mol. The highest BCUT2D eigenvalue weighted by molar-refractivity contribution is 7.10. The van der Waals surface area contributed by atoms with Crippen molar-refractivity contribution in [2.24, 2.45) is 5.73 Å². The Kier molecular flexibility index (Phi) is 5.28. The molecule has 3 aromatic rings. The van der Waals surface area contributed by atoms with Crippen LogP contribution in [0.25, 0.3) is 11.4 Å². The van der Waals surface area contributed by atoms with Crippen molar-refractivity contribution < 1.29 is 9.59 Å². The molecule has 1 atom stereocenters. The Balaban J connectivity index is 1.64. The molecule has 3 amide bonds. The molecule has 1 unspecified atom stereocenters. The van der Waals surface area contributed by atoms with Gasteiger partial charge in [0.05, 0.1) is 12.5 Å². The van der Waals surface area contributed by atoms with E-state index in [1.54, 1.807) is 12.1 Å². The Morgan fingerprint density at radius 3 is 2.62 bits per heavy atom. The van der Waals surface area contributed by atoms with E-state index in [0.717, 1.165) is 16.3 Å². The number of rotatable bonds is 6. The van der Waals surface area contributed by atoms with Crippen LogP contribution in [0.3, 0.4) is 0 Å². The minimum absolute atomic E-state index is 0.0886. The van der Waals surface area contributed by atoms with Crippen LogP contribution in [0.5, 0.6) is 0 Å². The van der Waals surface area contributed by atoms with Gasteiger partial charge in [-0.3, -0.25) is 9.89 Å². The lowest BCUT2D eigenvalue weighted by Crippen LogP contribution is -2.34. The lowest BCUT2D eigenvalue weighted by Gasteiger charge is -2.16. The van der Waals surface area contributed by atoms with Crippen LogP contribution >= 0.6 is 11.3 Å². The van der Waals surface area contributed by atoms with Gasteiger partial charge in [-0.1, -0.05) is 6.07 Å². The SMILES string of the molecule is Cc1nc(-c2ccc(NC(=O)CC(NC(N)=O)c3cccs3)cc2)n[nH]1. The number of urea groups is 1. The van der Waals surface area contributed by atoms with Crippen LogP contribution in [-0.4, -0.2) is 27.1 Å². The average Bonchev–Trinajstić information content (AvgIpc) is 3.26. The van der Waals surface area contributed by atoms with E-state index in [1.807, 2.05) is 36.6 Å². The minimum atomic E-state index is -0.664. The molecule has 0 spiro atoms. The van der Waals surface area contributed by atoms with Gasteiger partial charge in [0.2, 0.25) is 5.91 Å². The summed E-state index contributed by atoms with van der Waals surface area (Å²) < 4.78 is 0. The van der Waals surface area contributed by atoms with Crippen LogP contribution in [0, 0.1) is 6.92 Å². The van der Waals surface area contributed by atoms with E-state index in [4.69, 9.17) is 5.73 Å². The van der Waals surface area contributed by atoms with Crippen molar-refractivity contribution >= 4 is 29.0 Å². The third-order valence-corrected chi connectivity index (χ3v) is 4.60. The molecule has 0 fully saturated rings. The molecule has 1 aromatic carbocycles. The molecular formula is C17H18N6O2S. The standard InChI is InChI=1S/C17H18N6O2S/c1-10-19-16(23-22-10)11-4-6-12(7-5-11)20-15(24)9-13(21-17(18)25)14-3-2-8-26-14/h2-8,13H,9H2,1H3,(H,20,24)(H3,18,21,25)(H,19,22,23). The number of anilines is 1. The molecule has 0 bridgehead atoms. The quantitative estimate of drug-likeness (QED) is 0.532. The number of thiophene rings is 1. The Morgan fingerprint density at radius 2 is 2.04 bits per heavy atom. The molecule has 8 nitrogen and oxygen atoms in total. The second-order valence-corrected chi connectivity index (χ2v) is 6.63. The van der Waals surface area contributed by atoms with Crippen molar-refractivity contribution in [3.63, 3.8) is 0 Å². The zero-order valence-electron chi connectivity index (χ0n) is 14.0. The first-order valence-corrected chi connectivity index (χ1v) is 8.78. The van der Waals surface area contributed by atoms with Gasteiger partial charge in [0, 0.05) is 16.1 Å². The molecule has 0 aliphatic carbocycles. The van der Waals surface area contributed by atoms with Gasteiger partial charge < -0.3 is 16.4 Å². The second-order valence-electron chi connectivity index (χ2n) is 5.65. The number of hydrogen-bond acceptors (Lipinski definition) is 5. The molecule has 0 aliphatic rings. The molecule has 26 heavy (non-hydrogen) atoms. The topological polar surface area (TPSA) is 126 Å². The predicted octanol–water partition coefficient (Wildman–Crippen LogP) is 2.58. The van der Waals surface area contributed by atoms with Crippen molar-refractivity contribution in [3.8, 4) is 11.4 Å². The molecule has 0 saturated heterocycles. The van der Waals surface area contributed by atoms with E-state index in [1.165, 1.54) is 11.3 Å². The number of primary amides is 1. The molecule has 0 radical (unpaired) electrons. The van der Waals surface area contributed by atoms with Gasteiger partial charge >= 0.3 is 6.03 Å². The van der Waals surface area contributed by atoms with E-state index in [9.17, 15) is 9.59 Å². The number of carbonyl (C=O) groups excluding carboxylic acids is 2. The summed E-state index contributed by atoms with van der Waals surface area (Å²) in [4.78, 5) is 28.6. The zero-order valence-corrected chi connectivity index (χ0v) is 14.8. The predicted molar refractivity (Wildman–Crippen MR) is 99.6 cm³/mol. The molecule has 0 saturated carbocycles. The molecule has 2 aromatic heterocycles. The van der Waals surface area contributed by atoms with E-state index in [0.29, 0.717) is 11.5 Å². The van der Waals surface area contributed by atoms with Crippen LogP contribution in [-0.2, 0) is 4.79 Å². The fourth-order valence-electron chi connectivity index (χ4n) is 2.46. The van der Waals surface area contributed by atoms with Crippen LogP contribution < -0.4 is 16.4 Å². The van der Waals surface area contributed by atoms with Crippen LogP contribution in [0.1, 0.15) is 23.2 Å². The van der Waals surface area contributed by atoms with Gasteiger partial charge in [0.15, 0.2) is 5.82 Å². The largest absolute Gasteiger partial charge is 0.352 e. The Morgan fingerprint density at radius 1 is 1.27 bits per heavy atom. The molecule has 134 valence electrons. The number of benzene rings is 1. The first-order chi connectivity index (χ1) is 12.5. The van der Waals surface area contributed by atoms with Gasteiger partial charge in [-0.15, -0.1) is 11.3 Å². The minimum Gasteiger partial charge on any atom is -0.352 e.